The van der Waals surface area contributed by atoms with Crippen molar-refractivity contribution in [3.63, 3.8) is 0 Å². The molecule has 108 valence electrons. The van der Waals surface area contributed by atoms with E-state index in [1.54, 1.807) is 0 Å². The predicted octanol–water partition coefficient (Wildman–Crippen LogP) is 1.55. The molecule has 0 spiro atoms. The molecule has 1 heterocycles. The molecule has 21 heavy (non-hydrogen) atoms. The van der Waals surface area contributed by atoms with Gasteiger partial charge in [0.1, 0.15) is 0 Å². The van der Waals surface area contributed by atoms with Crippen molar-refractivity contribution in [1.29, 1.82) is 5.26 Å². The quantitative estimate of drug-likeness (QED) is 0.882. The van der Waals surface area contributed by atoms with Crippen LogP contribution in [0.1, 0.15) is 23.5 Å². The molecule has 5 nitrogen and oxygen atoms in total. The van der Waals surface area contributed by atoms with E-state index in [1.165, 1.54) is 0 Å². The van der Waals surface area contributed by atoms with E-state index < -0.39 is 5.91 Å². The summed E-state index contributed by atoms with van der Waals surface area (Å²) < 4.78 is 0. The molecule has 0 aromatic heterocycles. The van der Waals surface area contributed by atoms with E-state index >= 15 is 0 Å². The minimum atomic E-state index is -0.489. The highest BCUT2D eigenvalue weighted by molar-refractivity contribution is 8.03. The number of allylic oxidation sites excluding steroid dienone is 1. The third kappa shape index (κ3) is 3.64. The van der Waals surface area contributed by atoms with Crippen LogP contribution in [0.4, 0.5) is 0 Å². The highest BCUT2D eigenvalue weighted by Crippen LogP contribution is 2.35. The number of nitrogens with one attached hydrogen (secondary N) is 1. The number of hydrogen-bond acceptors (Lipinski definition) is 4. The summed E-state index contributed by atoms with van der Waals surface area (Å²) in [5.41, 5.74) is 7.63. The lowest BCUT2D eigenvalue weighted by Crippen LogP contribution is -2.31. The number of rotatable bonds is 4. The van der Waals surface area contributed by atoms with Gasteiger partial charge in [0.2, 0.25) is 11.8 Å². The largest absolute Gasteiger partial charge is 0.369 e. The summed E-state index contributed by atoms with van der Waals surface area (Å²) in [4.78, 5) is 22.7. The van der Waals surface area contributed by atoms with Gasteiger partial charge in [0, 0.05) is 12.3 Å². The molecule has 1 aliphatic rings. The molecular formula is C15H15N3O2S. The third-order valence-electron chi connectivity index (χ3n) is 3.19. The topological polar surface area (TPSA) is 96.0 Å². The van der Waals surface area contributed by atoms with Crippen LogP contribution >= 0.6 is 11.8 Å². The number of amides is 2. The first-order chi connectivity index (χ1) is 10.0. The van der Waals surface area contributed by atoms with Gasteiger partial charge in [-0.05, 0) is 12.5 Å². The maximum absolute atomic E-state index is 11.8. The highest BCUT2D eigenvalue weighted by Gasteiger charge is 2.29. The predicted molar refractivity (Wildman–Crippen MR) is 81.0 cm³/mol. The first kappa shape index (κ1) is 15.1. The first-order valence-corrected chi connectivity index (χ1v) is 7.41. The molecule has 1 aromatic rings. The lowest BCUT2D eigenvalue weighted by molar-refractivity contribution is -0.121. The highest BCUT2D eigenvalue weighted by atomic mass is 32.2. The van der Waals surface area contributed by atoms with Gasteiger partial charge in [0.05, 0.1) is 22.4 Å². The average molecular weight is 301 g/mol. The number of nitrogens with zero attached hydrogens (tertiary/aromatic N) is 1. The number of carbonyl (C=O) groups excluding carboxylic acids is 2. The Hall–Kier alpha value is -2.26. The maximum Gasteiger partial charge on any atom is 0.227 e. The van der Waals surface area contributed by atoms with E-state index in [4.69, 9.17) is 5.73 Å². The van der Waals surface area contributed by atoms with Crippen molar-refractivity contribution in [3.05, 3.63) is 46.0 Å². The van der Waals surface area contributed by atoms with Gasteiger partial charge >= 0.3 is 0 Å². The van der Waals surface area contributed by atoms with Crippen molar-refractivity contribution < 1.29 is 9.59 Å². The van der Waals surface area contributed by atoms with Gasteiger partial charge in [0.25, 0.3) is 0 Å². The van der Waals surface area contributed by atoms with E-state index in [2.05, 4.69) is 11.4 Å². The number of benzene rings is 1. The number of primary amides is 1. The number of aryl methyl sites for hydroxylation is 1. The van der Waals surface area contributed by atoms with Crippen molar-refractivity contribution >= 4 is 23.6 Å². The molecule has 0 saturated heterocycles. The Morgan fingerprint density at radius 3 is 2.71 bits per heavy atom. The molecule has 3 N–H and O–H groups in total. The van der Waals surface area contributed by atoms with Gasteiger partial charge in [-0.2, -0.15) is 5.26 Å². The monoisotopic (exact) mass is 301 g/mol. The fraction of sp³-hybridized carbons (Fsp3) is 0.267. The Bertz CT molecular complexity index is 644. The van der Waals surface area contributed by atoms with Gasteiger partial charge in [-0.3, -0.25) is 9.59 Å². The van der Waals surface area contributed by atoms with Crippen molar-refractivity contribution in [2.45, 2.75) is 19.3 Å². The van der Waals surface area contributed by atoms with Crippen LogP contribution in [0, 0.1) is 18.3 Å². The Balaban J connectivity index is 2.36. The molecule has 1 aromatic carbocycles. The van der Waals surface area contributed by atoms with Crippen LogP contribution in [0.3, 0.4) is 0 Å². The molecular weight excluding hydrogens is 286 g/mol. The smallest absolute Gasteiger partial charge is 0.227 e. The second kappa shape index (κ2) is 6.46. The SMILES string of the molecule is Cc1ccc(C2CC(=O)NC(SCC(N)=O)=C2C#N)cc1. The number of nitriles is 1. The minimum Gasteiger partial charge on any atom is -0.369 e. The summed E-state index contributed by atoms with van der Waals surface area (Å²) in [6, 6.07) is 9.90. The van der Waals surface area contributed by atoms with Crippen LogP contribution in [0.2, 0.25) is 0 Å². The molecule has 0 radical (unpaired) electrons. The van der Waals surface area contributed by atoms with E-state index in [9.17, 15) is 14.9 Å². The standard InChI is InChI=1S/C15H15N3O2S/c1-9-2-4-10(5-3-9)11-6-14(20)18-15(12(11)7-16)21-8-13(17)19/h2-5,11H,6,8H2,1H3,(H2,17,19)(H,18,20). The van der Waals surface area contributed by atoms with Gasteiger partial charge in [0.15, 0.2) is 0 Å². The van der Waals surface area contributed by atoms with Crippen LogP contribution in [0.25, 0.3) is 0 Å². The van der Waals surface area contributed by atoms with Gasteiger partial charge in [-0.15, -0.1) is 0 Å². The van der Waals surface area contributed by atoms with Crippen LogP contribution in [0.15, 0.2) is 34.9 Å². The van der Waals surface area contributed by atoms with Crippen LogP contribution in [0.5, 0.6) is 0 Å². The second-order valence-corrected chi connectivity index (χ2v) is 5.81. The lowest BCUT2D eigenvalue weighted by Gasteiger charge is -2.25. The van der Waals surface area contributed by atoms with Crippen molar-refractivity contribution in [3.8, 4) is 6.07 Å². The van der Waals surface area contributed by atoms with E-state index in [0.717, 1.165) is 22.9 Å². The van der Waals surface area contributed by atoms with E-state index in [-0.39, 0.29) is 24.0 Å². The summed E-state index contributed by atoms with van der Waals surface area (Å²) >= 11 is 1.09. The number of carbonyl (C=O) groups is 2. The zero-order valence-electron chi connectivity index (χ0n) is 11.6. The molecule has 0 saturated carbocycles. The van der Waals surface area contributed by atoms with Crippen LogP contribution < -0.4 is 11.1 Å². The molecule has 2 amide bonds. The molecule has 6 heteroatoms. The Morgan fingerprint density at radius 2 is 2.14 bits per heavy atom. The lowest BCUT2D eigenvalue weighted by atomic mass is 9.87. The molecule has 0 bridgehead atoms. The van der Waals surface area contributed by atoms with Gasteiger partial charge < -0.3 is 11.1 Å². The Kier molecular flexibility index (Phi) is 4.66. The van der Waals surface area contributed by atoms with Gasteiger partial charge in [-0.25, -0.2) is 0 Å². The third-order valence-corrected chi connectivity index (χ3v) is 4.23. The minimum absolute atomic E-state index is 0.0292. The van der Waals surface area contributed by atoms with E-state index in [0.29, 0.717) is 10.6 Å². The molecule has 1 unspecified atom stereocenters. The normalized spacial score (nSPS) is 18.1. The van der Waals surface area contributed by atoms with Crippen LogP contribution in [-0.2, 0) is 9.59 Å². The number of hydrogen-bond donors (Lipinski definition) is 2. The Morgan fingerprint density at radius 1 is 1.48 bits per heavy atom. The van der Waals surface area contributed by atoms with Crippen molar-refractivity contribution in [2.24, 2.45) is 5.73 Å². The summed E-state index contributed by atoms with van der Waals surface area (Å²) in [6.07, 6.45) is 0.229. The zero-order valence-corrected chi connectivity index (χ0v) is 12.4. The summed E-state index contributed by atoms with van der Waals surface area (Å²) in [5.74, 6) is -0.899. The van der Waals surface area contributed by atoms with Crippen molar-refractivity contribution in [2.75, 3.05) is 5.75 Å². The Labute approximate surface area is 127 Å². The number of nitrogens with two attached hydrogens (primary N) is 1. The van der Waals surface area contributed by atoms with Gasteiger partial charge in [-0.1, -0.05) is 41.6 Å². The molecule has 1 atom stereocenters. The summed E-state index contributed by atoms with van der Waals surface area (Å²) in [6.45, 7) is 1.98. The molecule has 0 fully saturated rings. The fourth-order valence-electron chi connectivity index (χ4n) is 2.16. The van der Waals surface area contributed by atoms with Crippen molar-refractivity contribution in [1.82, 2.24) is 5.32 Å². The molecule has 1 aliphatic heterocycles. The molecule has 0 aliphatic carbocycles. The first-order valence-electron chi connectivity index (χ1n) is 6.43. The molecule has 2 rings (SSSR count). The number of thioether (sulfide) groups is 1. The fourth-order valence-corrected chi connectivity index (χ4v) is 2.98. The van der Waals surface area contributed by atoms with E-state index in [1.807, 2.05) is 31.2 Å². The second-order valence-electron chi connectivity index (χ2n) is 4.83. The average Bonchev–Trinajstić information content (AvgIpc) is 2.45. The maximum atomic E-state index is 11.8. The summed E-state index contributed by atoms with van der Waals surface area (Å²) in [5, 5.41) is 12.5. The van der Waals surface area contributed by atoms with Crippen LogP contribution in [-0.4, -0.2) is 17.6 Å². The zero-order chi connectivity index (χ0) is 15.4. The summed E-state index contributed by atoms with van der Waals surface area (Å²) in [7, 11) is 0.